The zero-order chi connectivity index (χ0) is 8.72. The van der Waals surface area contributed by atoms with Crippen LogP contribution < -0.4 is 5.73 Å². The van der Waals surface area contributed by atoms with Crippen LogP contribution in [0.4, 0.5) is 5.82 Å². The van der Waals surface area contributed by atoms with Crippen LogP contribution >= 0.6 is 35.2 Å². The Labute approximate surface area is 86.7 Å². The third kappa shape index (κ3) is 1.22. The van der Waals surface area contributed by atoms with E-state index < -0.39 is 0 Å². The number of thiol groups is 1. The Kier molecular flexibility index (Phi) is 1.83. The van der Waals surface area contributed by atoms with Crippen molar-refractivity contribution in [2.24, 2.45) is 0 Å². The van der Waals surface area contributed by atoms with Gasteiger partial charge in [0.1, 0.15) is 0 Å². The number of H-pyrrole nitrogens is 1. The summed E-state index contributed by atoms with van der Waals surface area (Å²) in [4.78, 5) is 14.9. The molecule has 0 unspecified atom stereocenters. The van der Waals surface area contributed by atoms with Crippen molar-refractivity contribution in [3.05, 3.63) is 3.83 Å². The molecule has 0 aromatic carbocycles. The van der Waals surface area contributed by atoms with Crippen LogP contribution in [0.2, 0.25) is 0 Å². The van der Waals surface area contributed by atoms with Gasteiger partial charge in [-0.2, -0.15) is 0 Å². The number of nitrogens with zero attached hydrogens (tertiary/aromatic N) is 3. The lowest BCUT2D eigenvalue weighted by Gasteiger charge is -1.92. The highest BCUT2D eigenvalue weighted by atomic mass is 127. The number of nitrogens with one attached hydrogen (secondary N) is 1. The highest BCUT2D eigenvalue weighted by Crippen LogP contribution is 2.16. The zero-order valence-electron chi connectivity index (χ0n) is 5.74. The Morgan fingerprint density at radius 2 is 2.08 bits per heavy atom. The maximum absolute atomic E-state index is 5.60. The van der Waals surface area contributed by atoms with Crippen molar-refractivity contribution < 1.29 is 0 Å². The van der Waals surface area contributed by atoms with Gasteiger partial charge in [0.05, 0.1) is 0 Å². The molecular weight excluding hydrogens is 289 g/mol. The van der Waals surface area contributed by atoms with Crippen LogP contribution in [0.15, 0.2) is 5.16 Å². The number of aromatic amines is 1. The van der Waals surface area contributed by atoms with Crippen molar-refractivity contribution in [1.82, 2.24) is 19.9 Å². The summed E-state index contributed by atoms with van der Waals surface area (Å²) in [5, 5.41) is 0.494. The molecule has 0 radical (unpaired) electrons. The van der Waals surface area contributed by atoms with Crippen molar-refractivity contribution in [2.45, 2.75) is 5.16 Å². The number of anilines is 1. The number of nitrogens with two attached hydrogens (primary N) is 1. The average Bonchev–Trinajstić information content (AvgIpc) is 2.29. The molecular formula is C5H4IN5S. The highest BCUT2D eigenvalue weighted by molar-refractivity contribution is 14.1. The zero-order valence-corrected chi connectivity index (χ0v) is 8.80. The molecule has 2 aromatic rings. The minimum atomic E-state index is 0.376. The van der Waals surface area contributed by atoms with Crippen LogP contribution in [0.5, 0.6) is 0 Å². The lowest BCUT2D eigenvalue weighted by molar-refractivity contribution is 1.08. The number of imidazole rings is 1. The Morgan fingerprint density at radius 1 is 1.33 bits per heavy atom. The van der Waals surface area contributed by atoms with E-state index in [0.29, 0.717) is 26.0 Å². The third-order valence-corrected chi connectivity index (χ3v) is 2.03. The van der Waals surface area contributed by atoms with Crippen molar-refractivity contribution in [1.29, 1.82) is 0 Å². The SMILES string of the molecule is Nc1nc(I)nc2[nH]c(S)nc12. The van der Waals surface area contributed by atoms with Gasteiger partial charge in [-0.15, -0.1) is 12.6 Å². The molecule has 0 aliphatic carbocycles. The van der Waals surface area contributed by atoms with Gasteiger partial charge in [-0.25, -0.2) is 15.0 Å². The first-order valence-electron chi connectivity index (χ1n) is 3.04. The van der Waals surface area contributed by atoms with Crippen LogP contribution in [-0.4, -0.2) is 19.9 Å². The number of aromatic nitrogens is 4. The first-order chi connectivity index (χ1) is 5.66. The summed E-state index contributed by atoms with van der Waals surface area (Å²) < 4.78 is 0.592. The van der Waals surface area contributed by atoms with Crippen molar-refractivity contribution in [3.8, 4) is 0 Å². The lowest BCUT2D eigenvalue weighted by Crippen LogP contribution is -1.96. The molecule has 7 heteroatoms. The van der Waals surface area contributed by atoms with Crippen LogP contribution in [0.1, 0.15) is 0 Å². The van der Waals surface area contributed by atoms with Gasteiger partial charge in [0.25, 0.3) is 0 Å². The second kappa shape index (κ2) is 2.73. The van der Waals surface area contributed by atoms with Gasteiger partial charge < -0.3 is 10.7 Å². The number of halogens is 1. The summed E-state index contributed by atoms with van der Waals surface area (Å²) in [7, 11) is 0. The van der Waals surface area contributed by atoms with Crippen LogP contribution in [0.3, 0.4) is 0 Å². The standard InChI is InChI=1S/C5H4IN5S/c6-4-9-2(7)1-3(10-4)11-5(12)8-1/h(H4,7,8,9,10,11,12). The van der Waals surface area contributed by atoms with E-state index in [-0.39, 0.29) is 0 Å². The number of hydrogen-bond acceptors (Lipinski definition) is 5. The van der Waals surface area contributed by atoms with Crippen LogP contribution in [-0.2, 0) is 0 Å². The topological polar surface area (TPSA) is 80.5 Å². The molecule has 0 spiro atoms. The van der Waals surface area contributed by atoms with E-state index in [4.69, 9.17) is 5.73 Å². The van der Waals surface area contributed by atoms with E-state index in [0.717, 1.165) is 0 Å². The fourth-order valence-electron chi connectivity index (χ4n) is 0.881. The van der Waals surface area contributed by atoms with Crippen LogP contribution in [0.25, 0.3) is 11.2 Å². The van der Waals surface area contributed by atoms with Crippen molar-refractivity contribution in [2.75, 3.05) is 5.73 Å². The predicted molar refractivity (Wildman–Crippen MR) is 56.1 cm³/mol. The smallest absolute Gasteiger partial charge is 0.194 e. The van der Waals surface area contributed by atoms with Crippen molar-refractivity contribution >= 4 is 52.2 Å². The van der Waals surface area contributed by atoms with Gasteiger partial charge in [0.2, 0.25) is 0 Å². The second-order valence-electron chi connectivity index (χ2n) is 2.14. The van der Waals surface area contributed by atoms with Gasteiger partial charge in [0.15, 0.2) is 26.0 Å². The Bertz CT molecular complexity index is 439. The highest BCUT2D eigenvalue weighted by Gasteiger charge is 2.06. The van der Waals surface area contributed by atoms with E-state index in [9.17, 15) is 0 Å². The van der Waals surface area contributed by atoms with Gasteiger partial charge in [0, 0.05) is 22.6 Å². The minimum Gasteiger partial charge on any atom is -0.382 e. The Morgan fingerprint density at radius 3 is 2.83 bits per heavy atom. The van der Waals surface area contributed by atoms with E-state index >= 15 is 0 Å². The summed E-state index contributed by atoms with van der Waals surface area (Å²) in [6.07, 6.45) is 0. The predicted octanol–water partition coefficient (Wildman–Crippen LogP) is 0.828. The van der Waals surface area contributed by atoms with Gasteiger partial charge >= 0.3 is 0 Å². The largest absolute Gasteiger partial charge is 0.382 e. The maximum Gasteiger partial charge on any atom is 0.194 e. The van der Waals surface area contributed by atoms with Crippen molar-refractivity contribution in [3.63, 3.8) is 0 Å². The summed E-state index contributed by atoms with van der Waals surface area (Å²) in [6.45, 7) is 0. The normalized spacial score (nSPS) is 10.8. The molecule has 0 aliphatic rings. The van der Waals surface area contributed by atoms with Gasteiger partial charge in [-0.1, -0.05) is 0 Å². The molecule has 12 heavy (non-hydrogen) atoms. The van der Waals surface area contributed by atoms with Gasteiger partial charge in [-0.05, 0) is 0 Å². The minimum absolute atomic E-state index is 0.376. The quantitative estimate of drug-likeness (QED) is 0.382. The molecule has 0 amide bonds. The van der Waals surface area contributed by atoms with Crippen LogP contribution in [0, 0.1) is 3.83 Å². The maximum atomic E-state index is 5.60. The fourth-order valence-corrected chi connectivity index (χ4v) is 1.59. The lowest BCUT2D eigenvalue weighted by atomic mass is 10.5. The molecule has 3 N–H and O–H groups in total. The molecule has 5 nitrogen and oxygen atoms in total. The van der Waals surface area contributed by atoms with Gasteiger partial charge in [-0.3, -0.25) is 0 Å². The summed E-state index contributed by atoms with van der Waals surface area (Å²) in [5.74, 6) is 0.376. The Balaban J connectivity index is 2.88. The number of rotatable bonds is 0. The molecule has 0 saturated carbocycles. The molecule has 2 aromatic heterocycles. The molecule has 2 rings (SSSR count). The monoisotopic (exact) mass is 293 g/mol. The first kappa shape index (κ1) is 8.05. The van der Waals surface area contributed by atoms with E-state index in [1.165, 1.54) is 0 Å². The average molecular weight is 293 g/mol. The molecule has 0 atom stereocenters. The summed E-state index contributed by atoms with van der Waals surface area (Å²) in [5.41, 5.74) is 6.79. The van der Waals surface area contributed by atoms with E-state index in [1.807, 2.05) is 22.6 Å². The summed E-state index contributed by atoms with van der Waals surface area (Å²) in [6, 6.07) is 0. The molecule has 0 bridgehead atoms. The first-order valence-corrected chi connectivity index (χ1v) is 4.57. The summed E-state index contributed by atoms with van der Waals surface area (Å²) >= 11 is 6.02. The molecule has 0 fully saturated rings. The molecule has 2 heterocycles. The molecule has 62 valence electrons. The number of fused-ring (bicyclic) bond motifs is 1. The van der Waals surface area contributed by atoms with E-state index in [1.54, 1.807) is 0 Å². The molecule has 0 aliphatic heterocycles. The molecule has 0 saturated heterocycles. The number of hydrogen-bond donors (Lipinski definition) is 3. The third-order valence-electron chi connectivity index (χ3n) is 1.33. The fraction of sp³-hybridized carbons (Fsp3) is 0. The second-order valence-corrected chi connectivity index (χ2v) is 3.52. The number of nitrogen functional groups attached to an aromatic ring is 1. The van der Waals surface area contributed by atoms with E-state index in [2.05, 4.69) is 32.6 Å². The Hall–Kier alpha value is -0.570.